The van der Waals surface area contributed by atoms with Crippen molar-refractivity contribution >= 4 is 17.5 Å². The van der Waals surface area contributed by atoms with Crippen LogP contribution in [-0.4, -0.2) is 35.6 Å². The van der Waals surface area contributed by atoms with E-state index in [2.05, 4.69) is 0 Å². The molecule has 0 aromatic heterocycles. The van der Waals surface area contributed by atoms with Crippen molar-refractivity contribution in [3.8, 4) is 0 Å². The third kappa shape index (κ3) is 3.53. The van der Waals surface area contributed by atoms with Gasteiger partial charge in [0.25, 0.3) is 0 Å². The van der Waals surface area contributed by atoms with Gasteiger partial charge in [-0.15, -0.1) is 0 Å². The first kappa shape index (κ1) is 14.9. The van der Waals surface area contributed by atoms with E-state index >= 15 is 0 Å². The second kappa shape index (κ2) is 6.30. The van der Waals surface area contributed by atoms with Gasteiger partial charge in [-0.25, -0.2) is 9.18 Å². The van der Waals surface area contributed by atoms with E-state index in [4.69, 9.17) is 4.74 Å². The second-order valence-electron chi connectivity index (χ2n) is 4.55. The summed E-state index contributed by atoms with van der Waals surface area (Å²) in [4.78, 5) is 36.5. The molecule has 0 atom stereocenters. The molecule has 21 heavy (non-hydrogen) atoms. The summed E-state index contributed by atoms with van der Waals surface area (Å²) >= 11 is 0. The van der Waals surface area contributed by atoms with Gasteiger partial charge in [0.1, 0.15) is 11.4 Å². The van der Waals surface area contributed by atoms with E-state index in [1.165, 1.54) is 23.2 Å². The number of esters is 1. The van der Waals surface area contributed by atoms with Crippen LogP contribution in [-0.2, 0) is 25.7 Å². The Morgan fingerprint density at radius 1 is 1.29 bits per heavy atom. The Balaban J connectivity index is 2.19. The van der Waals surface area contributed by atoms with Crippen LogP contribution in [0.25, 0.3) is 0 Å². The van der Waals surface area contributed by atoms with E-state index < -0.39 is 17.5 Å². The van der Waals surface area contributed by atoms with Crippen molar-refractivity contribution in [1.82, 2.24) is 4.90 Å². The van der Waals surface area contributed by atoms with Crippen LogP contribution in [0, 0.1) is 5.82 Å². The Hall–Kier alpha value is -2.50. The molecule has 0 spiro atoms. The summed E-state index contributed by atoms with van der Waals surface area (Å²) in [5.41, 5.74) is 0.494. The normalized spacial score (nSPS) is 15.0. The molecule has 0 saturated carbocycles. The Morgan fingerprint density at radius 3 is 2.57 bits per heavy atom. The minimum absolute atomic E-state index is 0.112. The summed E-state index contributed by atoms with van der Waals surface area (Å²) in [5, 5.41) is 0. The van der Waals surface area contributed by atoms with Gasteiger partial charge >= 0.3 is 5.97 Å². The number of Topliss-reactive ketones (excluding diaryl/α,β-unsaturated/α-hetero) is 2. The van der Waals surface area contributed by atoms with Crippen LogP contribution in [0.5, 0.6) is 0 Å². The number of hydrogen-bond acceptors (Lipinski definition) is 5. The minimum Gasteiger partial charge on any atom is -0.462 e. The largest absolute Gasteiger partial charge is 0.462 e. The van der Waals surface area contributed by atoms with E-state index in [-0.39, 0.29) is 24.5 Å². The maximum absolute atomic E-state index is 12.8. The molecule has 0 saturated heterocycles. The number of rotatable bonds is 4. The van der Waals surface area contributed by atoms with Gasteiger partial charge in [-0.1, -0.05) is 12.1 Å². The molecule has 2 rings (SSSR count). The highest BCUT2D eigenvalue weighted by Crippen LogP contribution is 2.14. The molecule has 1 aliphatic heterocycles. The Labute approximate surface area is 121 Å². The van der Waals surface area contributed by atoms with Gasteiger partial charge in [0.05, 0.1) is 13.2 Å². The summed E-state index contributed by atoms with van der Waals surface area (Å²) in [6.07, 6.45) is 1.32. The Morgan fingerprint density at radius 2 is 1.95 bits per heavy atom. The molecule has 0 aliphatic carbocycles. The monoisotopic (exact) mass is 291 g/mol. The third-order valence-corrected chi connectivity index (χ3v) is 2.95. The second-order valence-corrected chi connectivity index (χ2v) is 4.55. The van der Waals surface area contributed by atoms with Gasteiger partial charge in [0, 0.05) is 12.7 Å². The zero-order valence-corrected chi connectivity index (χ0v) is 11.5. The summed E-state index contributed by atoms with van der Waals surface area (Å²) < 4.78 is 17.6. The lowest BCUT2D eigenvalue weighted by molar-refractivity contribution is -0.144. The van der Waals surface area contributed by atoms with Gasteiger partial charge in [0.15, 0.2) is 0 Å². The van der Waals surface area contributed by atoms with Crippen LogP contribution in [0.4, 0.5) is 4.39 Å². The van der Waals surface area contributed by atoms with E-state index in [9.17, 15) is 18.8 Å². The summed E-state index contributed by atoms with van der Waals surface area (Å²) in [6, 6.07) is 5.77. The molecule has 5 nitrogen and oxygen atoms in total. The lowest BCUT2D eigenvalue weighted by Gasteiger charge is -2.24. The number of benzene rings is 1. The molecule has 6 heteroatoms. The van der Waals surface area contributed by atoms with E-state index in [1.807, 2.05) is 0 Å². The van der Waals surface area contributed by atoms with Crippen molar-refractivity contribution in [3.05, 3.63) is 47.4 Å². The van der Waals surface area contributed by atoms with Gasteiger partial charge in [-0.2, -0.15) is 0 Å². The highest BCUT2D eigenvalue weighted by Gasteiger charge is 2.31. The fourth-order valence-electron chi connectivity index (χ4n) is 1.97. The quantitative estimate of drug-likeness (QED) is 0.474. The number of hydrogen-bond donors (Lipinski definition) is 0. The lowest BCUT2D eigenvalue weighted by atomic mass is 10.0. The summed E-state index contributed by atoms with van der Waals surface area (Å²) in [7, 11) is 0. The number of halogens is 1. The lowest BCUT2D eigenvalue weighted by Crippen LogP contribution is -2.38. The first-order valence-electron chi connectivity index (χ1n) is 6.46. The van der Waals surface area contributed by atoms with Crippen LogP contribution in [0.1, 0.15) is 12.5 Å². The molecule has 0 amide bonds. The number of carbonyl (C=O) groups is 3. The van der Waals surface area contributed by atoms with Crippen LogP contribution >= 0.6 is 0 Å². The molecule has 1 heterocycles. The predicted octanol–water partition coefficient (Wildman–Crippen LogP) is 1.23. The molecule has 110 valence electrons. The van der Waals surface area contributed by atoms with Gasteiger partial charge in [0.2, 0.25) is 11.6 Å². The van der Waals surface area contributed by atoms with E-state index in [1.54, 1.807) is 19.1 Å². The molecular weight excluding hydrogens is 277 g/mol. The molecule has 0 N–H and O–H groups in total. The summed E-state index contributed by atoms with van der Waals surface area (Å²) in [6.45, 7) is 1.92. The Bertz CT molecular complexity index is 607. The smallest absolute Gasteiger partial charge is 0.343 e. The number of nitrogens with zero attached hydrogens (tertiary/aromatic N) is 1. The van der Waals surface area contributed by atoms with Crippen molar-refractivity contribution in [2.24, 2.45) is 0 Å². The third-order valence-electron chi connectivity index (χ3n) is 2.95. The standard InChI is InChI=1S/C15H14FNO4/c1-2-21-15(20)12-8-17(9-13(18)14(12)19)7-10-3-5-11(16)6-4-10/h3-6,8H,2,7,9H2,1H3. The molecule has 0 fully saturated rings. The fraction of sp³-hybridized carbons (Fsp3) is 0.267. The highest BCUT2D eigenvalue weighted by molar-refractivity contribution is 6.50. The maximum Gasteiger partial charge on any atom is 0.343 e. The van der Waals surface area contributed by atoms with E-state index in [0.29, 0.717) is 6.54 Å². The topological polar surface area (TPSA) is 63.7 Å². The van der Waals surface area contributed by atoms with Crippen LogP contribution in [0.3, 0.4) is 0 Å². The fourth-order valence-corrected chi connectivity index (χ4v) is 1.97. The number of ketones is 2. The minimum atomic E-state index is -0.830. The molecule has 1 aromatic rings. The van der Waals surface area contributed by atoms with Crippen LogP contribution in [0.15, 0.2) is 36.0 Å². The average Bonchev–Trinajstić information content (AvgIpc) is 2.45. The molecule has 1 aromatic carbocycles. The molecule has 0 bridgehead atoms. The Kier molecular flexibility index (Phi) is 4.47. The van der Waals surface area contributed by atoms with Gasteiger partial charge < -0.3 is 9.64 Å². The van der Waals surface area contributed by atoms with Crippen molar-refractivity contribution in [3.63, 3.8) is 0 Å². The van der Waals surface area contributed by atoms with Crippen molar-refractivity contribution in [2.75, 3.05) is 13.2 Å². The van der Waals surface area contributed by atoms with Crippen molar-refractivity contribution < 1.29 is 23.5 Å². The molecule has 1 aliphatic rings. The first-order chi connectivity index (χ1) is 10.0. The van der Waals surface area contributed by atoms with Crippen molar-refractivity contribution in [2.45, 2.75) is 13.5 Å². The molecule has 0 radical (unpaired) electrons. The maximum atomic E-state index is 12.8. The SMILES string of the molecule is CCOC(=O)C1=CN(Cc2ccc(F)cc2)CC(=O)C1=O. The number of carbonyl (C=O) groups excluding carboxylic acids is 3. The van der Waals surface area contributed by atoms with Crippen molar-refractivity contribution in [1.29, 1.82) is 0 Å². The average molecular weight is 291 g/mol. The zero-order valence-electron chi connectivity index (χ0n) is 11.5. The first-order valence-corrected chi connectivity index (χ1v) is 6.46. The van der Waals surface area contributed by atoms with E-state index in [0.717, 1.165) is 5.56 Å². The van der Waals surface area contributed by atoms with Gasteiger partial charge in [-0.3, -0.25) is 9.59 Å². The van der Waals surface area contributed by atoms with Crippen LogP contribution in [0.2, 0.25) is 0 Å². The van der Waals surface area contributed by atoms with Gasteiger partial charge in [-0.05, 0) is 24.6 Å². The predicted molar refractivity (Wildman–Crippen MR) is 71.5 cm³/mol. The van der Waals surface area contributed by atoms with Crippen LogP contribution < -0.4 is 0 Å². The number of ether oxygens (including phenoxy) is 1. The molecular formula is C15H14FNO4. The molecule has 0 unspecified atom stereocenters. The summed E-state index contributed by atoms with van der Waals surface area (Å²) in [5.74, 6) is -2.66. The highest BCUT2D eigenvalue weighted by atomic mass is 19.1. The zero-order chi connectivity index (χ0) is 15.4.